The molecule has 0 aliphatic heterocycles. The van der Waals surface area contributed by atoms with Gasteiger partial charge < -0.3 is 14.6 Å². The first-order chi connectivity index (χ1) is 8.79. The number of rotatable bonds is 2. The minimum Gasteiger partial charge on any atom is -0.422 e. The first kappa shape index (κ1) is 10.8. The number of fused-ring (bicyclic) bond motifs is 1. The summed E-state index contributed by atoms with van der Waals surface area (Å²) in [4.78, 5) is 3.11. The molecule has 0 saturated heterocycles. The summed E-state index contributed by atoms with van der Waals surface area (Å²) in [5.41, 5.74) is 2.04. The molecule has 0 saturated carbocycles. The molecule has 7 heteroatoms. The lowest BCUT2D eigenvalue weighted by Gasteiger charge is -1.93. The van der Waals surface area contributed by atoms with Crippen molar-refractivity contribution >= 4 is 28.7 Å². The fraction of sp³-hybridized carbons (Fsp3) is 0. The number of oxime groups is 1. The summed E-state index contributed by atoms with van der Waals surface area (Å²) in [6.07, 6.45) is 2.54. The molecular formula is C11H7ClN4O2. The van der Waals surface area contributed by atoms with Crippen molar-refractivity contribution in [3.63, 3.8) is 0 Å². The molecule has 0 unspecified atom stereocenters. The number of nitrogens with zero attached hydrogens (tertiary/aromatic N) is 3. The van der Waals surface area contributed by atoms with E-state index in [-0.39, 0.29) is 0 Å². The Balaban J connectivity index is 2.33. The van der Waals surface area contributed by atoms with E-state index in [1.807, 2.05) is 6.07 Å². The number of H-pyrrole nitrogens is 1. The summed E-state index contributed by atoms with van der Waals surface area (Å²) in [6, 6.07) is 5.35. The van der Waals surface area contributed by atoms with Gasteiger partial charge in [0.05, 0.1) is 6.21 Å². The van der Waals surface area contributed by atoms with Gasteiger partial charge >= 0.3 is 0 Å². The quantitative estimate of drug-likeness (QED) is 0.422. The van der Waals surface area contributed by atoms with E-state index in [1.54, 1.807) is 12.1 Å². The normalized spacial score (nSPS) is 11.6. The molecule has 90 valence electrons. The van der Waals surface area contributed by atoms with E-state index >= 15 is 0 Å². The third-order valence-electron chi connectivity index (χ3n) is 2.56. The van der Waals surface area contributed by atoms with Gasteiger partial charge in [0.15, 0.2) is 0 Å². The highest BCUT2D eigenvalue weighted by atomic mass is 35.5. The number of aromatic amines is 1. The second-order valence-corrected chi connectivity index (χ2v) is 4.03. The molecule has 3 aromatic rings. The number of nitrogens with one attached hydrogen (secondary N) is 1. The van der Waals surface area contributed by atoms with Gasteiger partial charge in [-0.2, -0.15) is 0 Å². The minimum absolute atomic E-state index is 0.317. The lowest BCUT2D eigenvalue weighted by Crippen LogP contribution is -1.85. The smallest absolute Gasteiger partial charge is 0.264 e. The third-order valence-corrected chi connectivity index (χ3v) is 2.80. The van der Waals surface area contributed by atoms with Gasteiger partial charge in [0.25, 0.3) is 5.89 Å². The van der Waals surface area contributed by atoms with Crippen LogP contribution >= 0.6 is 11.6 Å². The Bertz CT molecular complexity index is 718. The Kier molecular flexibility index (Phi) is 2.49. The van der Waals surface area contributed by atoms with Gasteiger partial charge in [-0.3, -0.25) is 0 Å². The van der Waals surface area contributed by atoms with Crippen LogP contribution < -0.4 is 0 Å². The topological polar surface area (TPSA) is 87.3 Å². The molecule has 2 heterocycles. The summed E-state index contributed by atoms with van der Waals surface area (Å²) in [5.74, 6) is 0.317. The maximum atomic E-state index is 8.74. The highest BCUT2D eigenvalue weighted by Gasteiger charge is 2.15. The average Bonchev–Trinajstić information content (AvgIpc) is 2.97. The summed E-state index contributed by atoms with van der Waals surface area (Å²) in [6.45, 7) is 0. The minimum atomic E-state index is 0.317. The fourth-order valence-corrected chi connectivity index (χ4v) is 2.01. The summed E-state index contributed by atoms with van der Waals surface area (Å²) in [5, 5.41) is 20.7. The van der Waals surface area contributed by atoms with Crippen LogP contribution in [-0.2, 0) is 0 Å². The number of hydrogen-bond donors (Lipinski definition) is 2. The van der Waals surface area contributed by atoms with Crippen molar-refractivity contribution in [3.8, 4) is 11.6 Å². The Morgan fingerprint density at radius 1 is 1.44 bits per heavy atom. The van der Waals surface area contributed by atoms with Crippen molar-refractivity contribution in [1.82, 2.24) is 15.2 Å². The average molecular weight is 263 g/mol. The van der Waals surface area contributed by atoms with E-state index in [9.17, 15) is 0 Å². The molecule has 0 bridgehead atoms. The Hall–Kier alpha value is -2.34. The van der Waals surface area contributed by atoms with Crippen molar-refractivity contribution in [3.05, 3.63) is 35.2 Å². The SMILES string of the molecule is O/N=C/c1c(-c2nnco2)[nH]c2cc(Cl)ccc12. The lowest BCUT2D eigenvalue weighted by atomic mass is 10.1. The van der Waals surface area contributed by atoms with Gasteiger partial charge in [-0.25, -0.2) is 0 Å². The fourth-order valence-electron chi connectivity index (χ4n) is 1.83. The second kappa shape index (κ2) is 4.15. The van der Waals surface area contributed by atoms with E-state index in [0.717, 1.165) is 10.9 Å². The monoisotopic (exact) mass is 262 g/mol. The van der Waals surface area contributed by atoms with Crippen molar-refractivity contribution in [1.29, 1.82) is 0 Å². The first-order valence-corrected chi connectivity index (χ1v) is 5.42. The molecule has 18 heavy (non-hydrogen) atoms. The lowest BCUT2D eigenvalue weighted by molar-refractivity contribution is 0.322. The maximum absolute atomic E-state index is 8.74. The predicted octanol–water partition coefficient (Wildman–Crippen LogP) is 2.68. The Morgan fingerprint density at radius 2 is 2.33 bits per heavy atom. The van der Waals surface area contributed by atoms with Crippen LogP contribution in [0.5, 0.6) is 0 Å². The van der Waals surface area contributed by atoms with Crippen LogP contribution in [0.25, 0.3) is 22.5 Å². The van der Waals surface area contributed by atoms with Crippen LogP contribution in [0.15, 0.2) is 34.2 Å². The predicted molar refractivity (Wildman–Crippen MR) is 66.0 cm³/mol. The van der Waals surface area contributed by atoms with Crippen molar-refractivity contribution < 1.29 is 9.62 Å². The Morgan fingerprint density at radius 3 is 3.06 bits per heavy atom. The molecule has 0 aliphatic carbocycles. The van der Waals surface area contributed by atoms with Crippen LogP contribution in [0.4, 0.5) is 0 Å². The standard InChI is InChI=1S/C11H7ClN4O2/c12-6-1-2-7-8(4-14-17)10(15-9(7)3-6)11-16-13-5-18-11/h1-5,15,17H/b14-4+. The van der Waals surface area contributed by atoms with Gasteiger partial charge in [0.1, 0.15) is 5.69 Å². The van der Waals surface area contributed by atoms with E-state index < -0.39 is 0 Å². The van der Waals surface area contributed by atoms with Crippen LogP contribution in [0.1, 0.15) is 5.56 Å². The molecule has 3 rings (SSSR count). The second-order valence-electron chi connectivity index (χ2n) is 3.59. The molecule has 6 nitrogen and oxygen atoms in total. The number of aromatic nitrogens is 3. The van der Waals surface area contributed by atoms with Gasteiger partial charge in [-0.05, 0) is 12.1 Å². The van der Waals surface area contributed by atoms with E-state index in [0.29, 0.717) is 22.2 Å². The number of benzene rings is 1. The zero-order chi connectivity index (χ0) is 12.5. The molecule has 1 aromatic carbocycles. The molecule has 0 radical (unpaired) electrons. The zero-order valence-electron chi connectivity index (χ0n) is 8.96. The van der Waals surface area contributed by atoms with Crippen molar-refractivity contribution in [2.45, 2.75) is 0 Å². The highest BCUT2D eigenvalue weighted by molar-refractivity contribution is 6.31. The first-order valence-electron chi connectivity index (χ1n) is 5.05. The Labute approximate surface area is 106 Å². The summed E-state index contributed by atoms with van der Waals surface area (Å²) in [7, 11) is 0. The van der Waals surface area contributed by atoms with Crippen LogP contribution in [0.2, 0.25) is 5.02 Å². The molecule has 0 fully saturated rings. The number of halogens is 1. The molecule has 2 N–H and O–H groups in total. The largest absolute Gasteiger partial charge is 0.422 e. The summed E-state index contributed by atoms with van der Waals surface area (Å²) >= 11 is 5.93. The molecule has 0 spiro atoms. The molecular weight excluding hydrogens is 256 g/mol. The molecule has 0 aliphatic rings. The van der Waals surface area contributed by atoms with Gasteiger partial charge in [0.2, 0.25) is 6.39 Å². The van der Waals surface area contributed by atoms with E-state index in [4.69, 9.17) is 21.2 Å². The number of hydrogen-bond acceptors (Lipinski definition) is 5. The van der Waals surface area contributed by atoms with Crippen LogP contribution in [-0.4, -0.2) is 26.6 Å². The van der Waals surface area contributed by atoms with Gasteiger partial charge in [-0.15, -0.1) is 10.2 Å². The zero-order valence-corrected chi connectivity index (χ0v) is 9.72. The van der Waals surface area contributed by atoms with E-state index in [2.05, 4.69) is 20.3 Å². The maximum Gasteiger partial charge on any atom is 0.264 e. The van der Waals surface area contributed by atoms with Gasteiger partial charge in [0, 0.05) is 21.5 Å². The highest BCUT2D eigenvalue weighted by Crippen LogP contribution is 2.29. The third kappa shape index (κ3) is 1.63. The molecule has 2 aromatic heterocycles. The van der Waals surface area contributed by atoms with E-state index in [1.165, 1.54) is 12.6 Å². The van der Waals surface area contributed by atoms with Crippen LogP contribution in [0, 0.1) is 0 Å². The molecule has 0 atom stereocenters. The van der Waals surface area contributed by atoms with Crippen molar-refractivity contribution in [2.75, 3.05) is 0 Å². The summed E-state index contributed by atoms with van der Waals surface area (Å²) < 4.78 is 5.14. The van der Waals surface area contributed by atoms with Crippen molar-refractivity contribution in [2.24, 2.45) is 5.16 Å². The van der Waals surface area contributed by atoms with Gasteiger partial charge in [-0.1, -0.05) is 22.8 Å². The molecule has 0 amide bonds. The van der Waals surface area contributed by atoms with Crippen LogP contribution in [0.3, 0.4) is 0 Å².